The Balaban J connectivity index is 2.82. The normalized spacial score (nSPS) is 13.2. The highest BCUT2D eigenvalue weighted by Crippen LogP contribution is 2.07. The van der Waals surface area contributed by atoms with Gasteiger partial charge in [0, 0.05) is 6.04 Å². The molecular weight excluding hydrogens is 246 g/mol. The highest BCUT2D eigenvalue weighted by atomic mass is 16.4. The number of aryl methyl sites for hydroxylation is 1. The molecule has 0 aliphatic carbocycles. The van der Waals surface area contributed by atoms with Gasteiger partial charge in [-0.05, 0) is 32.9 Å². The summed E-state index contributed by atoms with van der Waals surface area (Å²) in [6, 6.07) is 4.41. The molecule has 0 spiro atoms. The van der Waals surface area contributed by atoms with Gasteiger partial charge in [0.25, 0.3) is 5.91 Å². The lowest BCUT2D eigenvalue weighted by molar-refractivity contribution is -0.141. The Labute approximate surface area is 111 Å². The van der Waals surface area contributed by atoms with E-state index < -0.39 is 23.8 Å². The lowest BCUT2D eigenvalue weighted by Gasteiger charge is -2.17. The quantitative estimate of drug-likeness (QED) is 0.844. The van der Waals surface area contributed by atoms with E-state index >= 15 is 0 Å². The van der Waals surface area contributed by atoms with Crippen LogP contribution in [0, 0.1) is 24.2 Å². The summed E-state index contributed by atoms with van der Waals surface area (Å²) in [4.78, 5) is 26.7. The van der Waals surface area contributed by atoms with Crippen LogP contribution in [0.4, 0.5) is 0 Å². The minimum absolute atomic E-state index is 0.168. The summed E-state index contributed by atoms with van der Waals surface area (Å²) in [7, 11) is 0. The van der Waals surface area contributed by atoms with Gasteiger partial charge in [0.2, 0.25) is 0 Å². The van der Waals surface area contributed by atoms with Gasteiger partial charge >= 0.3 is 5.97 Å². The smallest absolute Gasteiger partial charge is 0.308 e. The molecule has 0 saturated carbocycles. The Hall–Kier alpha value is -2.42. The Morgan fingerprint density at radius 3 is 2.53 bits per heavy atom. The molecule has 2 atom stereocenters. The van der Waals surface area contributed by atoms with Gasteiger partial charge in [-0.1, -0.05) is 0 Å². The van der Waals surface area contributed by atoms with Gasteiger partial charge in [0.1, 0.15) is 11.8 Å². The number of nitriles is 1. The summed E-state index contributed by atoms with van der Waals surface area (Å²) in [6.07, 6.45) is 0. The first-order valence-electron chi connectivity index (χ1n) is 5.78. The monoisotopic (exact) mass is 261 g/mol. The first-order valence-corrected chi connectivity index (χ1v) is 5.78. The molecular formula is C13H15N3O3. The van der Waals surface area contributed by atoms with Crippen molar-refractivity contribution in [3.8, 4) is 6.07 Å². The van der Waals surface area contributed by atoms with E-state index in [1.807, 2.05) is 6.07 Å². The van der Waals surface area contributed by atoms with Gasteiger partial charge in [0.15, 0.2) is 0 Å². The maximum atomic E-state index is 11.9. The largest absolute Gasteiger partial charge is 0.481 e. The molecule has 0 fully saturated rings. The summed E-state index contributed by atoms with van der Waals surface area (Å²) >= 11 is 0. The third-order valence-electron chi connectivity index (χ3n) is 2.94. The average molecular weight is 261 g/mol. The van der Waals surface area contributed by atoms with Gasteiger partial charge in [-0.3, -0.25) is 9.59 Å². The van der Waals surface area contributed by atoms with Gasteiger partial charge in [-0.15, -0.1) is 0 Å². The molecule has 1 heterocycles. The number of carbonyl (C=O) groups is 2. The van der Waals surface area contributed by atoms with Crippen LogP contribution in [0.1, 0.15) is 35.6 Å². The molecule has 100 valence electrons. The van der Waals surface area contributed by atoms with E-state index in [4.69, 9.17) is 10.4 Å². The molecule has 0 saturated heterocycles. The van der Waals surface area contributed by atoms with Crippen molar-refractivity contribution in [2.24, 2.45) is 5.92 Å². The number of rotatable bonds is 4. The molecule has 0 radical (unpaired) electrons. The number of amides is 1. The molecule has 19 heavy (non-hydrogen) atoms. The minimum atomic E-state index is -0.975. The molecule has 1 rings (SSSR count). The van der Waals surface area contributed by atoms with Crippen LogP contribution in [0.25, 0.3) is 0 Å². The fourth-order valence-electron chi connectivity index (χ4n) is 1.43. The molecule has 6 nitrogen and oxygen atoms in total. The summed E-state index contributed by atoms with van der Waals surface area (Å²) in [5, 5.41) is 20.2. The van der Waals surface area contributed by atoms with Crippen LogP contribution in [-0.4, -0.2) is 28.0 Å². The van der Waals surface area contributed by atoms with Crippen LogP contribution < -0.4 is 5.32 Å². The standard InChI is InChI=1S/C13H15N3O3/c1-7(13(18)19)8(2)16-12(17)11-5-4-10(6-14)9(3)15-11/h4-5,7-8H,1-3H3,(H,16,17)(H,18,19). The van der Waals surface area contributed by atoms with E-state index in [1.54, 1.807) is 13.8 Å². The predicted molar refractivity (Wildman–Crippen MR) is 67.4 cm³/mol. The van der Waals surface area contributed by atoms with Crippen LogP contribution in [0.15, 0.2) is 12.1 Å². The molecule has 0 aromatic carbocycles. The Bertz CT molecular complexity index is 549. The molecule has 1 aromatic rings. The third-order valence-corrected chi connectivity index (χ3v) is 2.94. The maximum absolute atomic E-state index is 11.9. The number of nitrogens with one attached hydrogen (secondary N) is 1. The van der Waals surface area contributed by atoms with Crippen LogP contribution in [-0.2, 0) is 4.79 Å². The van der Waals surface area contributed by atoms with Crippen LogP contribution in [0.2, 0.25) is 0 Å². The lowest BCUT2D eigenvalue weighted by Crippen LogP contribution is -2.40. The zero-order chi connectivity index (χ0) is 14.6. The highest BCUT2D eigenvalue weighted by Gasteiger charge is 2.22. The van der Waals surface area contributed by atoms with Crippen molar-refractivity contribution in [3.63, 3.8) is 0 Å². The molecule has 1 aromatic heterocycles. The van der Waals surface area contributed by atoms with Crippen molar-refractivity contribution in [1.82, 2.24) is 10.3 Å². The zero-order valence-electron chi connectivity index (χ0n) is 11.0. The molecule has 0 aliphatic rings. The molecule has 2 unspecified atom stereocenters. The average Bonchev–Trinajstić information content (AvgIpc) is 2.37. The molecule has 1 amide bonds. The number of carboxylic acid groups (broad SMARTS) is 1. The highest BCUT2D eigenvalue weighted by molar-refractivity contribution is 5.92. The number of carbonyl (C=O) groups excluding carboxylic acids is 1. The SMILES string of the molecule is Cc1nc(C(=O)NC(C)C(C)C(=O)O)ccc1C#N. The minimum Gasteiger partial charge on any atom is -0.481 e. The van der Waals surface area contributed by atoms with Crippen molar-refractivity contribution in [3.05, 3.63) is 29.1 Å². The first kappa shape index (κ1) is 14.6. The summed E-state index contributed by atoms with van der Waals surface area (Å²) < 4.78 is 0. The summed E-state index contributed by atoms with van der Waals surface area (Å²) in [6.45, 7) is 4.77. The number of hydrogen-bond acceptors (Lipinski definition) is 4. The second kappa shape index (κ2) is 5.96. The Kier molecular flexibility index (Phi) is 4.59. The number of carboxylic acids is 1. The van der Waals surface area contributed by atoms with E-state index in [-0.39, 0.29) is 5.69 Å². The van der Waals surface area contributed by atoms with Crippen LogP contribution >= 0.6 is 0 Å². The number of aromatic nitrogens is 1. The number of pyridine rings is 1. The van der Waals surface area contributed by atoms with E-state index in [0.717, 1.165) is 0 Å². The van der Waals surface area contributed by atoms with Crippen molar-refractivity contribution >= 4 is 11.9 Å². The zero-order valence-corrected chi connectivity index (χ0v) is 11.0. The van der Waals surface area contributed by atoms with E-state index in [2.05, 4.69) is 10.3 Å². The number of aliphatic carboxylic acids is 1. The first-order chi connectivity index (χ1) is 8.86. The van der Waals surface area contributed by atoms with Gasteiger partial charge < -0.3 is 10.4 Å². The fourth-order valence-corrected chi connectivity index (χ4v) is 1.43. The molecule has 0 bridgehead atoms. The summed E-state index contributed by atoms with van der Waals surface area (Å²) in [5.74, 6) is -2.12. The second-order valence-electron chi connectivity index (χ2n) is 4.33. The predicted octanol–water partition coefficient (Wildman–Crippen LogP) is 1.10. The Morgan fingerprint density at radius 2 is 2.05 bits per heavy atom. The van der Waals surface area contributed by atoms with Gasteiger partial charge in [-0.2, -0.15) is 5.26 Å². The lowest BCUT2D eigenvalue weighted by atomic mass is 10.0. The number of nitrogens with zero attached hydrogens (tertiary/aromatic N) is 2. The molecule has 0 aliphatic heterocycles. The third kappa shape index (κ3) is 3.52. The fraction of sp³-hybridized carbons (Fsp3) is 0.385. The molecule has 2 N–H and O–H groups in total. The van der Waals surface area contributed by atoms with Crippen molar-refractivity contribution in [2.75, 3.05) is 0 Å². The van der Waals surface area contributed by atoms with Crippen LogP contribution in [0.3, 0.4) is 0 Å². The maximum Gasteiger partial charge on any atom is 0.308 e. The molecule has 6 heteroatoms. The van der Waals surface area contributed by atoms with Crippen LogP contribution in [0.5, 0.6) is 0 Å². The van der Waals surface area contributed by atoms with E-state index in [9.17, 15) is 9.59 Å². The summed E-state index contributed by atoms with van der Waals surface area (Å²) in [5.41, 5.74) is 1.04. The second-order valence-corrected chi connectivity index (χ2v) is 4.33. The number of hydrogen-bond donors (Lipinski definition) is 2. The van der Waals surface area contributed by atoms with Crippen molar-refractivity contribution in [1.29, 1.82) is 5.26 Å². The van der Waals surface area contributed by atoms with Crippen molar-refractivity contribution in [2.45, 2.75) is 26.8 Å². The van der Waals surface area contributed by atoms with Crippen molar-refractivity contribution < 1.29 is 14.7 Å². The van der Waals surface area contributed by atoms with E-state index in [0.29, 0.717) is 11.3 Å². The van der Waals surface area contributed by atoms with Gasteiger partial charge in [-0.25, -0.2) is 4.98 Å². The topological polar surface area (TPSA) is 103 Å². The Morgan fingerprint density at radius 1 is 1.42 bits per heavy atom. The van der Waals surface area contributed by atoms with E-state index in [1.165, 1.54) is 19.1 Å². The van der Waals surface area contributed by atoms with Gasteiger partial charge in [0.05, 0.1) is 17.2 Å².